The molecule has 0 fully saturated rings. The Balaban J connectivity index is 1.50. The fraction of sp³-hybridized carbons (Fsp3) is 0.409. The quantitative estimate of drug-likeness (QED) is 0.800. The molecule has 0 aliphatic carbocycles. The van der Waals surface area contributed by atoms with E-state index in [1.165, 1.54) is 0 Å². The van der Waals surface area contributed by atoms with Crippen LogP contribution in [-0.2, 0) is 11.2 Å². The summed E-state index contributed by atoms with van der Waals surface area (Å²) < 4.78 is 16.8. The maximum Gasteiger partial charge on any atom is 0.220 e. The normalized spacial score (nSPS) is 13.9. The number of ether oxygens (including phenoxy) is 3. The van der Waals surface area contributed by atoms with Crippen LogP contribution in [0.25, 0.3) is 0 Å². The van der Waals surface area contributed by atoms with E-state index in [1.54, 1.807) is 0 Å². The highest BCUT2D eigenvalue weighted by molar-refractivity contribution is 5.76. The molecule has 3 rings (SSSR count). The minimum Gasteiger partial charge on any atom is -0.491 e. The zero-order valence-corrected chi connectivity index (χ0v) is 16.2. The van der Waals surface area contributed by atoms with Crippen molar-refractivity contribution < 1.29 is 19.0 Å². The van der Waals surface area contributed by atoms with Crippen molar-refractivity contribution in [2.24, 2.45) is 0 Å². The molecule has 0 bridgehead atoms. The average molecular weight is 369 g/mol. The summed E-state index contributed by atoms with van der Waals surface area (Å²) in [6.07, 6.45) is 1.24. The molecule has 27 heavy (non-hydrogen) atoms. The highest BCUT2D eigenvalue weighted by Crippen LogP contribution is 2.31. The van der Waals surface area contributed by atoms with Crippen LogP contribution in [0.4, 0.5) is 0 Å². The number of hydrogen-bond donors (Lipinski definition) is 1. The van der Waals surface area contributed by atoms with Crippen LogP contribution in [0.15, 0.2) is 42.5 Å². The van der Waals surface area contributed by atoms with E-state index in [2.05, 4.69) is 5.32 Å². The molecule has 1 heterocycles. The number of carbonyl (C=O) groups is 1. The van der Waals surface area contributed by atoms with Crippen LogP contribution >= 0.6 is 0 Å². The first-order valence-electron chi connectivity index (χ1n) is 9.46. The summed E-state index contributed by atoms with van der Waals surface area (Å²) in [5.41, 5.74) is 2.12. The Kier molecular flexibility index (Phi) is 6.22. The van der Waals surface area contributed by atoms with Crippen LogP contribution in [0.1, 0.15) is 44.4 Å². The lowest BCUT2D eigenvalue weighted by Crippen LogP contribution is -2.26. The van der Waals surface area contributed by atoms with Crippen LogP contribution in [0.2, 0.25) is 0 Å². The summed E-state index contributed by atoms with van der Waals surface area (Å²) in [4.78, 5) is 12.3. The van der Waals surface area contributed by atoms with Gasteiger partial charge in [0, 0.05) is 6.42 Å². The SMILES string of the molecule is CC(C)Oc1ccc(C(C)NC(=O)CCc2ccc3c(c2)OCCO3)cc1. The third kappa shape index (κ3) is 5.39. The van der Waals surface area contributed by atoms with E-state index in [4.69, 9.17) is 14.2 Å². The zero-order valence-electron chi connectivity index (χ0n) is 16.2. The van der Waals surface area contributed by atoms with E-state index < -0.39 is 0 Å². The van der Waals surface area contributed by atoms with E-state index in [-0.39, 0.29) is 18.1 Å². The van der Waals surface area contributed by atoms with Crippen molar-refractivity contribution in [3.8, 4) is 17.2 Å². The minimum atomic E-state index is -0.0501. The minimum absolute atomic E-state index is 0.0277. The highest BCUT2D eigenvalue weighted by Gasteiger charge is 2.13. The third-order valence-corrected chi connectivity index (χ3v) is 4.38. The molecule has 1 N–H and O–H groups in total. The van der Waals surface area contributed by atoms with Gasteiger partial charge in [-0.3, -0.25) is 4.79 Å². The van der Waals surface area contributed by atoms with Gasteiger partial charge in [0.15, 0.2) is 11.5 Å². The summed E-state index contributed by atoms with van der Waals surface area (Å²) in [7, 11) is 0. The Bertz CT molecular complexity index is 770. The molecular formula is C22H27NO4. The Labute approximate surface area is 160 Å². The topological polar surface area (TPSA) is 56.8 Å². The maximum atomic E-state index is 12.3. The lowest BCUT2D eigenvalue weighted by molar-refractivity contribution is -0.121. The molecule has 0 aromatic heterocycles. The number of nitrogens with one attached hydrogen (secondary N) is 1. The smallest absolute Gasteiger partial charge is 0.220 e. The molecule has 1 aliphatic heterocycles. The van der Waals surface area contributed by atoms with E-state index in [0.717, 1.165) is 28.4 Å². The first kappa shape index (κ1) is 19.1. The van der Waals surface area contributed by atoms with E-state index >= 15 is 0 Å². The van der Waals surface area contributed by atoms with Gasteiger partial charge in [-0.2, -0.15) is 0 Å². The predicted octanol–water partition coefficient (Wildman–Crippen LogP) is 4.06. The van der Waals surface area contributed by atoms with E-state index in [9.17, 15) is 4.79 Å². The third-order valence-electron chi connectivity index (χ3n) is 4.38. The fourth-order valence-corrected chi connectivity index (χ4v) is 3.01. The second-order valence-electron chi connectivity index (χ2n) is 7.00. The van der Waals surface area contributed by atoms with Crippen LogP contribution in [0.5, 0.6) is 17.2 Å². The second kappa shape index (κ2) is 8.80. The molecule has 0 saturated carbocycles. The summed E-state index contributed by atoms with van der Waals surface area (Å²) in [5.74, 6) is 2.40. The number of benzene rings is 2. The van der Waals surface area contributed by atoms with Crippen LogP contribution < -0.4 is 19.5 Å². The lowest BCUT2D eigenvalue weighted by Gasteiger charge is -2.19. The Morgan fingerprint density at radius 2 is 1.74 bits per heavy atom. The van der Waals surface area contributed by atoms with E-state index in [1.807, 2.05) is 63.2 Å². The van der Waals surface area contributed by atoms with Crippen molar-refractivity contribution >= 4 is 5.91 Å². The van der Waals surface area contributed by atoms with Crippen molar-refractivity contribution in [1.82, 2.24) is 5.32 Å². The van der Waals surface area contributed by atoms with Gasteiger partial charge >= 0.3 is 0 Å². The Morgan fingerprint density at radius 1 is 1.04 bits per heavy atom. The second-order valence-corrected chi connectivity index (χ2v) is 7.00. The number of fused-ring (bicyclic) bond motifs is 1. The summed E-state index contributed by atoms with van der Waals surface area (Å²) >= 11 is 0. The van der Waals surface area contributed by atoms with Crippen LogP contribution in [0.3, 0.4) is 0 Å². The van der Waals surface area contributed by atoms with Gasteiger partial charge in [0.05, 0.1) is 12.1 Å². The number of aryl methyl sites for hydroxylation is 1. The van der Waals surface area contributed by atoms with E-state index in [0.29, 0.717) is 26.1 Å². The van der Waals surface area contributed by atoms with Crippen LogP contribution in [0, 0.1) is 0 Å². The Morgan fingerprint density at radius 3 is 2.44 bits per heavy atom. The van der Waals surface area contributed by atoms with Crippen molar-refractivity contribution in [2.75, 3.05) is 13.2 Å². The van der Waals surface area contributed by atoms with Crippen molar-refractivity contribution in [3.63, 3.8) is 0 Å². The molecule has 2 aromatic carbocycles. The maximum absolute atomic E-state index is 12.3. The molecule has 2 aromatic rings. The molecule has 0 radical (unpaired) electrons. The molecule has 5 heteroatoms. The van der Waals surface area contributed by atoms with Gasteiger partial charge in [-0.05, 0) is 62.6 Å². The largest absolute Gasteiger partial charge is 0.491 e. The van der Waals surface area contributed by atoms with Gasteiger partial charge in [0.2, 0.25) is 5.91 Å². The van der Waals surface area contributed by atoms with Crippen molar-refractivity contribution in [2.45, 2.75) is 45.8 Å². The first-order valence-corrected chi connectivity index (χ1v) is 9.46. The van der Waals surface area contributed by atoms with Gasteiger partial charge in [-0.15, -0.1) is 0 Å². The molecule has 144 valence electrons. The molecule has 0 spiro atoms. The molecular weight excluding hydrogens is 342 g/mol. The lowest BCUT2D eigenvalue weighted by atomic mass is 10.1. The van der Waals surface area contributed by atoms with Crippen LogP contribution in [-0.4, -0.2) is 25.2 Å². The monoisotopic (exact) mass is 369 g/mol. The summed E-state index contributed by atoms with van der Waals surface area (Å²) in [5, 5.41) is 3.05. The number of amides is 1. The molecule has 1 atom stereocenters. The van der Waals surface area contributed by atoms with Crippen molar-refractivity contribution in [3.05, 3.63) is 53.6 Å². The summed E-state index contributed by atoms with van der Waals surface area (Å²) in [6, 6.07) is 13.7. The first-order chi connectivity index (χ1) is 13.0. The molecule has 5 nitrogen and oxygen atoms in total. The molecule has 1 amide bonds. The van der Waals surface area contributed by atoms with Gasteiger partial charge in [0.25, 0.3) is 0 Å². The molecule has 0 saturated heterocycles. The fourth-order valence-electron chi connectivity index (χ4n) is 3.01. The zero-order chi connectivity index (χ0) is 19.2. The number of carbonyl (C=O) groups excluding carboxylic acids is 1. The standard InChI is InChI=1S/C22H27NO4/c1-15(2)27-19-8-6-18(7-9-19)16(3)23-22(24)11-5-17-4-10-20-21(14-17)26-13-12-25-20/h4,6-10,14-16H,5,11-13H2,1-3H3,(H,23,24). The van der Waals surface area contributed by atoms with Crippen molar-refractivity contribution in [1.29, 1.82) is 0 Å². The van der Waals surface area contributed by atoms with Gasteiger partial charge in [-0.1, -0.05) is 18.2 Å². The van der Waals surface area contributed by atoms with Gasteiger partial charge < -0.3 is 19.5 Å². The number of rotatable bonds is 7. The summed E-state index contributed by atoms with van der Waals surface area (Å²) in [6.45, 7) is 7.13. The average Bonchev–Trinajstić information content (AvgIpc) is 2.66. The number of hydrogen-bond acceptors (Lipinski definition) is 4. The highest BCUT2D eigenvalue weighted by atomic mass is 16.6. The predicted molar refractivity (Wildman–Crippen MR) is 105 cm³/mol. The van der Waals surface area contributed by atoms with Gasteiger partial charge in [0.1, 0.15) is 19.0 Å². The molecule has 1 aliphatic rings. The van der Waals surface area contributed by atoms with Gasteiger partial charge in [-0.25, -0.2) is 0 Å². The molecule has 1 unspecified atom stereocenters. The Hall–Kier alpha value is -2.69.